The van der Waals surface area contributed by atoms with Gasteiger partial charge in [-0.25, -0.2) is 0 Å². The maximum absolute atomic E-state index is 11.7. The van der Waals surface area contributed by atoms with E-state index in [0.717, 1.165) is 15.8 Å². The van der Waals surface area contributed by atoms with Crippen molar-refractivity contribution >= 4 is 33.2 Å². The number of para-hydroxylation sites is 1. The minimum Gasteiger partial charge on any atom is -0.372 e. The van der Waals surface area contributed by atoms with Crippen LogP contribution in [0.4, 0.5) is 11.4 Å². The maximum atomic E-state index is 11.7. The minimum absolute atomic E-state index is 0.0874. The minimum atomic E-state index is -0.151. The molecule has 1 unspecified atom stereocenters. The Bertz CT molecular complexity index is 392. The summed E-state index contributed by atoms with van der Waals surface area (Å²) in [6, 6.07) is 5.70. The number of hydrogen-bond acceptors (Lipinski definition) is 2. The summed E-state index contributed by atoms with van der Waals surface area (Å²) >= 11 is 3.44. The van der Waals surface area contributed by atoms with E-state index in [-0.39, 0.29) is 11.9 Å². The zero-order chi connectivity index (χ0) is 10.3. The van der Waals surface area contributed by atoms with Gasteiger partial charge in [-0.3, -0.25) is 4.79 Å². The van der Waals surface area contributed by atoms with Crippen molar-refractivity contribution in [1.82, 2.24) is 0 Å². The Morgan fingerprint density at radius 3 is 2.93 bits per heavy atom. The molecule has 1 heterocycles. The summed E-state index contributed by atoms with van der Waals surface area (Å²) in [7, 11) is 1.79. The first-order valence-electron chi connectivity index (χ1n) is 4.44. The molecule has 1 aliphatic rings. The molecule has 0 saturated carbocycles. The van der Waals surface area contributed by atoms with E-state index in [0.29, 0.717) is 0 Å². The highest BCUT2D eigenvalue weighted by atomic mass is 79.9. The van der Waals surface area contributed by atoms with E-state index in [9.17, 15) is 4.79 Å². The highest BCUT2D eigenvalue weighted by Gasteiger charge is 2.27. The molecular weight excluding hydrogens is 244 g/mol. The van der Waals surface area contributed by atoms with E-state index in [1.54, 1.807) is 11.9 Å². The molecule has 0 aliphatic carbocycles. The molecular formula is C10H11BrN2O. The fourth-order valence-electron chi connectivity index (χ4n) is 1.67. The first-order valence-corrected chi connectivity index (χ1v) is 5.23. The zero-order valence-electron chi connectivity index (χ0n) is 8.04. The zero-order valence-corrected chi connectivity index (χ0v) is 9.63. The number of anilines is 2. The Morgan fingerprint density at radius 2 is 2.21 bits per heavy atom. The van der Waals surface area contributed by atoms with Crippen molar-refractivity contribution < 1.29 is 4.79 Å². The molecule has 0 fully saturated rings. The highest BCUT2D eigenvalue weighted by molar-refractivity contribution is 9.10. The third kappa shape index (κ3) is 1.30. The number of amides is 1. The summed E-state index contributed by atoms with van der Waals surface area (Å²) in [6.45, 7) is 1.86. The number of hydrogen-bond donors (Lipinski definition) is 1. The third-order valence-electron chi connectivity index (χ3n) is 2.40. The van der Waals surface area contributed by atoms with Gasteiger partial charge in [0.15, 0.2) is 0 Å². The second-order valence-corrected chi connectivity index (χ2v) is 4.25. The number of halogens is 1. The average Bonchev–Trinajstić information content (AvgIpc) is 2.14. The Balaban J connectivity index is 2.56. The number of nitrogens with zero attached hydrogens (tertiary/aromatic N) is 1. The molecule has 0 spiro atoms. The van der Waals surface area contributed by atoms with E-state index in [1.165, 1.54) is 0 Å². The molecule has 1 aromatic rings. The van der Waals surface area contributed by atoms with Crippen LogP contribution in [-0.2, 0) is 4.79 Å². The van der Waals surface area contributed by atoms with Crippen molar-refractivity contribution in [2.24, 2.45) is 0 Å². The quantitative estimate of drug-likeness (QED) is 0.770. The lowest BCUT2D eigenvalue weighted by Crippen LogP contribution is -2.43. The van der Waals surface area contributed by atoms with Crippen LogP contribution in [0.2, 0.25) is 0 Å². The summed E-state index contributed by atoms with van der Waals surface area (Å²) in [4.78, 5) is 13.4. The summed E-state index contributed by atoms with van der Waals surface area (Å²) in [6.07, 6.45) is 0. The monoisotopic (exact) mass is 254 g/mol. The van der Waals surface area contributed by atoms with Gasteiger partial charge in [0.25, 0.3) is 0 Å². The van der Waals surface area contributed by atoms with Crippen molar-refractivity contribution in [3.8, 4) is 0 Å². The largest absolute Gasteiger partial charge is 0.372 e. The summed E-state index contributed by atoms with van der Waals surface area (Å²) in [5.41, 5.74) is 1.91. The Kier molecular flexibility index (Phi) is 2.23. The summed E-state index contributed by atoms with van der Waals surface area (Å²) < 4.78 is 0.935. The predicted molar refractivity (Wildman–Crippen MR) is 60.6 cm³/mol. The van der Waals surface area contributed by atoms with Crippen LogP contribution < -0.4 is 10.2 Å². The molecule has 1 N–H and O–H groups in total. The molecule has 1 aromatic carbocycles. The van der Waals surface area contributed by atoms with Crippen molar-refractivity contribution in [3.63, 3.8) is 0 Å². The molecule has 0 bridgehead atoms. The van der Waals surface area contributed by atoms with Gasteiger partial charge in [-0.2, -0.15) is 0 Å². The lowest BCUT2D eigenvalue weighted by Gasteiger charge is -2.31. The third-order valence-corrected chi connectivity index (χ3v) is 3.04. The van der Waals surface area contributed by atoms with Crippen LogP contribution in [0.25, 0.3) is 0 Å². The fraction of sp³-hybridized carbons (Fsp3) is 0.300. The van der Waals surface area contributed by atoms with Crippen LogP contribution in [0.3, 0.4) is 0 Å². The summed E-state index contributed by atoms with van der Waals surface area (Å²) in [5, 5.41) is 3.16. The van der Waals surface area contributed by atoms with Gasteiger partial charge in [-0.05, 0) is 35.0 Å². The SMILES string of the molecule is CC1Nc2cccc(Br)c2N(C)C1=O. The normalized spacial score (nSPS) is 20.4. The van der Waals surface area contributed by atoms with E-state index >= 15 is 0 Å². The molecule has 0 aromatic heterocycles. The van der Waals surface area contributed by atoms with E-state index < -0.39 is 0 Å². The van der Waals surface area contributed by atoms with Crippen LogP contribution >= 0.6 is 15.9 Å². The topological polar surface area (TPSA) is 32.3 Å². The molecule has 14 heavy (non-hydrogen) atoms. The van der Waals surface area contributed by atoms with E-state index in [1.807, 2.05) is 25.1 Å². The van der Waals surface area contributed by atoms with E-state index in [4.69, 9.17) is 0 Å². The molecule has 3 nitrogen and oxygen atoms in total. The number of benzene rings is 1. The van der Waals surface area contributed by atoms with Gasteiger partial charge < -0.3 is 10.2 Å². The van der Waals surface area contributed by atoms with Gasteiger partial charge in [-0.15, -0.1) is 0 Å². The number of fused-ring (bicyclic) bond motifs is 1. The molecule has 74 valence electrons. The van der Waals surface area contributed by atoms with Gasteiger partial charge in [-0.1, -0.05) is 6.07 Å². The second-order valence-electron chi connectivity index (χ2n) is 3.40. The van der Waals surface area contributed by atoms with Crippen molar-refractivity contribution in [1.29, 1.82) is 0 Å². The van der Waals surface area contributed by atoms with Crippen molar-refractivity contribution in [2.75, 3.05) is 17.3 Å². The molecule has 2 rings (SSSR count). The van der Waals surface area contributed by atoms with Gasteiger partial charge in [0.05, 0.1) is 11.4 Å². The van der Waals surface area contributed by atoms with Gasteiger partial charge >= 0.3 is 0 Å². The lowest BCUT2D eigenvalue weighted by molar-refractivity contribution is -0.118. The number of nitrogens with one attached hydrogen (secondary N) is 1. The number of carbonyl (C=O) groups excluding carboxylic acids is 1. The molecule has 1 amide bonds. The molecule has 1 atom stereocenters. The van der Waals surface area contributed by atoms with E-state index in [2.05, 4.69) is 21.2 Å². The van der Waals surface area contributed by atoms with Crippen LogP contribution in [0.5, 0.6) is 0 Å². The molecule has 4 heteroatoms. The second kappa shape index (κ2) is 3.28. The Labute approximate surface area is 91.2 Å². The molecule has 0 saturated heterocycles. The first-order chi connectivity index (χ1) is 6.61. The number of rotatable bonds is 0. The van der Waals surface area contributed by atoms with Gasteiger partial charge in [0, 0.05) is 11.5 Å². The Hall–Kier alpha value is -1.03. The van der Waals surface area contributed by atoms with Crippen LogP contribution in [-0.4, -0.2) is 19.0 Å². The first kappa shape index (κ1) is 9.52. The van der Waals surface area contributed by atoms with Crippen molar-refractivity contribution in [2.45, 2.75) is 13.0 Å². The molecule has 1 aliphatic heterocycles. The van der Waals surface area contributed by atoms with Gasteiger partial charge in [0.1, 0.15) is 6.04 Å². The molecule has 0 radical (unpaired) electrons. The summed E-state index contributed by atoms with van der Waals surface area (Å²) in [5.74, 6) is 0.0874. The number of carbonyl (C=O) groups is 1. The van der Waals surface area contributed by atoms with Gasteiger partial charge in [0.2, 0.25) is 5.91 Å². The highest BCUT2D eigenvalue weighted by Crippen LogP contribution is 2.36. The van der Waals surface area contributed by atoms with Crippen LogP contribution in [0, 0.1) is 0 Å². The standard InChI is InChI=1S/C10H11BrN2O/c1-6-10(14)13(2)9-7(11)4-3-5-8(9)12-6/h3-6,12H,1-2H3. The average molecular weight is 255 g/mol. The lowest BCUT2D eigenvalue weighted by atomic mass is 10.1. The predicted octanol–water partition coefficient (Wildman–Crippen LogP) is 2.23. The Morgan fingerprint density at radius 1 is 1.50 bits per heavy atom. The van der Waals surface area contributed by atoms with Crippen LogP contribution in [0.15, 0.2) is 22.7 Å². The smallest absolute Gasteiger partial charge is 0.249 e. The fourth-order valence-corrected chi connectivity index (χ4v) is 2.30. The maximum Gasteiger partial charge on any atom is 0.249 e. The van der Waals surface area contributed by atoms with Crippen LogP contribution in [0.1, 0.15) is 6.92 Å². The number of likely N-dealkylation sites (N-methyl/N-ethyl adjacent to an activating group) is 1. The van der Waals surface area contributed by atoms with Crippen molar-refractivity contribution in [3.05, 3.63) is 22.7 Å².